The molecule has 5 heteroatoms. The van der Waals surface area contributed by atoms with Gasteiger partial charge in [-0.1, -0.05) is 33.1 Å². The first kappa shape index (κ1) is 14.6. The summed E-state index contributed by atoms with van der Waals surface area (Å²) >= 11 is 1.23. The SMILES string of the molecule is CC(C)c1cc2c(N)nsc2c(=O)n1CC1CCCCC1. The van der Waals surface area contributed by atoms with Gasteiger partial charge >= 0.3 is 0 Å². The molecule has 0 bridgehead atoms. The van der Waals surface area contributed by atoms with Gasteiger partial charge in [-0.05, 0) is 42.3 Å². The maximum absolute atomic E-state index is 12.8. The van der Waals surface area contributed by atoms with E-state index in [9.17, 15) is 4.79 Å². The van der Waals surface area contributed by atoms with Crippen LogP contribution < -0.4 is 11.3 Å². The number of aromatic nitrogens is 2. The molecule has 2 aromatic heterocycles. The lowest BCUT2D eigenvalue weighted by Crippen LogP contribution is -2.28. The second-order valence-electron chi connectivity index (χ2n) is 6.45. The fourth-order valence-electron chi connectivity index (χ4n) is 3.36. The van der Waals surface area contributed by atoms with E-state index in [1.165, 1.54) is 43.6 Å². The lowest BCUT2D eigenvalue weighted by molar-refractivity contribution is 0.312. The minimum atomic E-state index is 0.0935. The Morgan fingerprint density at radius 1 is 1.38 bits per heavy atom. The molecule has 0 radical (unpaired) electrons. The predicted molar refractivity (Wildman–Crippen MR) is 89.0 cm³/mol. The molecule has 4 nitrogen and oxygen atoms in total. The fourth-order valence-corrected chi connectivity index (χ4v) is 4.10. The highest BCUT2D eigenvalue weighted by atomic mass is 32.1. The van der Waals surface area contributed by atoms with Crippen LogP contribution >= 0.6 is 11.5 Å². The molecular weight excluding hydrogens is 282 g/mol. The zero-order valence-corrected chi connectivity index (χ0v) is 13.6. The van der Waals surface area contributed by atoms with Gasteiger partial charge in [-0.25, -0.2) is 0 Å². The van der Waals surface area contributed by atoms with Gasteiger partial charge in [0.15, 0.2) is 0 Å². The molecule has 2 aromatic rings. The Kier molecular flexibility index (Phi) is 4.02. The van der Waals surface area contributed by atoms with Crippen LogP contribution in [0.4, 0.5) is 5.82 Å². The highest BCUT2D eigenvalue weighted by Gasteiger charge is 2.20. The molecule has 0 atom stereocenters. The minimum Gasteiger partial charge on any atom is -0.382 e. The molecule has 3 rings (SSSR count). The second kappa shape index (κ2) is 5.79. The smallest absolute Gasteiger partial charge is 0.270 e. The Morgan fingerprint density at radius 2 is 2.10 bits per heavy atom. The maximum atomic E-state index is 12.8. The highest BCUT2D eigenvalue weighted by molar-refractivity contribution is 7.13. The Balaban J connectivity index is 2.08. The molecule has 1 aliphatic carbocycles. The number of anilines is 1. The van der Waals surface area contributed by atoms with Crippen LogP contribution in [-0.2, 0) is 6.54 Å². The normalized spacial score (nSPS) is 16.9. The molecule has 0 spiro atoms. The zero-order chi connectivity index (χ0) is 15.0. The summed E-state index contributed by atoms with van der Waals surface area (Å²) in [6, 6.07) is 2.07. The van der Waals surface area contributed by atoms with Gasteiger partial charge < -0.3 is 10.3 Å². The van der Waals surface area contributed by atoms with Crippen molar-refractivity contribution >= 4 is 27.4 Å². The van der Waals surface area contributed by atoms with Crippen molar-refractivity contribution in [1.82, 2.24) is 8.94 Å². The average molecular weight is 305 g/mol. The summed E-state index contributed by atoms with van der Waals surface area (Å²) in [7, 11) is 0. The Labute approximate surface area is 129 Å². The number of nitrogens with zero attached hydrogens (tertiary/aromatic N) is 2. The van der Waals surface area contributed by atoms with Crippen molar-refractivity contribution in [1.29, 1.82) is 0 Å². The standard InChI is InChI=1S/C16H23N3OS/c1-10(2)13-8-12-14(21-18-15(12)17)16(20)19(13)9-11-6-4-3-5-7-11/h8,10-11H,3-7,9H2,1-2H3,(H2,17,18). The molecule has 1 fully saturated rings. The molecule has 114 valence electrons. The average Bonchev–Trinajstić information content (AvgIpc) is 2.84. The van der Waals surface area contributed by atoms with E-state index in [0.29, 0.717) is 22.4 Å². The van der Waals surface area contributed by atoms with Gasteiger partial charge in [-0.3, -0.25) is 4.79 Å². The summed E-state index contributed by atoms with van der Waals surface area (Å²) < 4.78 is 6.84. The number of pyridine rings is 1. The van der Waals surface area contributed by atoms with Crippen molar-refractivity contribution in [2.24, 2.45) is 5.92 Å². The van der Waals surface area contributed by atoms with Gasteiger partial charge in [0.25, 0.3) is 5.56 Å². The first-order valence-electron chi connectivity index (χ1n) is 7.86. The predicted octanol–water partition coefficient (Wildman–Crippen LogP) is 3.74. The number of rotatable bonds is 3. The Bertz CT molecular complexity index is 695. The Hall–Kier alpha value is -1.36. The van der Waals surface area contributed by atoms with E-state index < -0.39 is 0 Å². The fraction of sp³-hybridized carbons (Fsp3) is 0.625. The third-order valence-corrected chi connectivity index (χ3v) is 5.42. The van der Waals surface area contributed by atoms with Crippen LogP contribution in [0.3, 0.4) is 0 Å². The van der Waals surface area contributed by atoms with E-state index in [1.807, 2.05) is 4.57 Å². The third-order valence-electron chi connectivity index (χ3n) is 4.56. The van der Waals surface area contributed by atoms with E-state index >= 15 is 0 Å². The first-order chi connectivity index (χ1) is 10.1. The topological polar surface area (TPSA) is 60.9 Å². The monoisotopic (exact) mass is 305 g/mol. The zero-order valence-electron chi connectivity index (χ0n) is 12.8. The number of nitrogen functional groups attached to an aromatic ring is 1. The van der Waals surface area contributed by atoms with E-state index in [4.69, 9.17) is 5.73 Å². The lowest BCUT2D eigenvalue weighted by Gasteiger charge is -2.25. The second-order valence-corrected chi connectivity index (χ2v) is 7.23. The van der Waals surface area contributed by atoms with Crippen molar-refractivity contribution in [3.8, 4) is 0 Å². The molecule has 2 heterocycles. The van der Waals surface area contributed by atoms with Crippen molar-refractivity contribution in [2.45, 2.75) is 58.4 Å². The highest BCUT2D eigenvalue weighted by Crippen LogP contribution is 2.29. The summed E-state index contributed by atoms with van der Waals surface area (Å²) in [4.78, 5) is 12.8. The molecule has 1 aliphatic rings. The van der Waals surface area contributed by atoms with Crippen LogP contribution in [0, 0.1) is 5.92 Å². The van der Waals surface area contributed by atoms with E-state index in [0.717, 1.165) is 17.6 Å². The van der Waals surface area contributed by atoms with Crippen LogP contribution in [0.25, 0.3) is 10.1 Å². The minimum absolute atomic E-state index is 0.0935. The van der Waals surface area contributed by atoms with Crippen LogP contribution in [-0.4, -0.2) is 8.94 Å². The lowest BCUT2D eigenvalue weighted by atomic mass is 9.89. The maximum Gasteiger partial charge on any atom is 0.270 e. The van der Waals surface area contributed by atoms with Crippen LogP contribution in [0.5, 0.6) is 0 Å². The van der Waals surface area contributed by atoms with Crippen LogP contribution in [0.1, 0.15) is 57.6 Å². The molecule has 0 saturated heterocycles. The van der Waals surface area contributed by atoms with Gasteiger partial charge in [0, 0.05) is 17.6 Å². The van der Waals surface area contributed by atoms with Crippen molar-refractivity contribution in [3.05, 3.63) is 22.1 Å². The number of hydrogen-bond donors (Lipinski definition) is 1. The van der Waals surface area contributed by atoms with E-state index in [-0.39, 0.29) is 5.56 Å². The largest absolute Gasteiger partial charge is 0.382 e. The molecule has 0 amide bonds. The Morgan fingerprint density at radius 3 is 2.76 bits per heavy atom. The summed E-state index contributed by atoms with van der Waals surface area (Å²) in [5.41, 5.74) is 7.08. The van der Waals surface area contributed by atoms with Gasteiger partial charge in [0.05, 0.1) is 0 Å². The quantitative estimate of drug-likeness (QED) is 0.939. The van der Waals surface area contributed by atoms with Crippen molar-refractivity contribution in [3.63, 3.8) is 0 Å². The van der Waals surface area contributed by atoms with Crippen LogP contribution in [0.15, 0.2) is 10.9 Å². The number of fused-ring (bicyclic) bond motifs is 1. The molecule has 21 heavy (non-hydrogen) atoms. The van der Waals surface area contributed by atoms with Gasteiger partial charge in [0.1, 0.15) is 10.5 Å². The number of nitrogens with two attached hydrogens (primary N) is 1. The first-order valence-corrected chi connectivity index (χ1v) is 8.64. The molecule has 0 unspecified atom stereocenters. The van der Waals surface area contributed by atoms with Crippen LogP contribution in [0.2, 0.25) is 0 Å². The molecule has 0 aliphatic heterocycles. The molecule has 2 N–H and O–H groups in total. The van der Waals surface area contributed by atoms with E-state index in [1.54, 1.807) is 0 Å². The molecule has 0 aromatic carbocycles. The van der Waals surface area contributed by atoms with Gasteiger partial charge in [0.2, 0.25) is 0 Å². The summed E-state index contributed by atoms with van der Waals surface area (Å²) in [6.07, 6.45) is 6.42. The van der Waals surface area contributed by atoms with Crippen molar-refractivity contribution < 1.29 is 0 Å². The third kappa shape index (κ3) is 2.71. The summed E-state index contributed by atoms with van der Waals surface area (Å²) in [5.74, 6) is 1.43. The molecule has 1 saturated carbocycles. The van der Waals surface area contributed by atoms with Gasteiger partial charge in [-0.15, -0.1) is 0 Å². The van der Waals surface area contributed by atoms with E-state index in [2.05, 4.69) is 24.3 Å². The molecular formula is C16H23N3OS. The summed E-state index contributed by atoms with van der Waals surface area (Å²) in [6.45, 7) is 5.11. The van der Waals surface area contributed by atoms with Gasteiger partial charge in [-0.2, -0.15) is 4.37 Å². The summed E-state index contributed by atoms with van der Waals surface area (Å²) in [5, 5.41) is 0.827. The van der Waals surface area contributed by atoms with Crippen molar-refractivity contribution in [2.75, 3.05) is 5.73 Å². The number of hydrogen-bond acceptors (Lipinski definition) is 4.